The van der Waals surface area contributed by atoms with Gasteiger partial charge in [0.25, 0.3) is 0 Å². The van der Waals surface area contributed by atoms with Crippen molar-refractivity contribution in [3.63, 3.8) is 0 Å². The molecule has 0 aliphatic heterocycles. The summed E-state index contributed by atoms with van der Waals surface area (Å²) in [6.45, 7) is 5.13. The third-order valence-corrected chi connectivity index (χ3v) is 3.13. The second-order valence-corrected chi connectivity index (χ2v) is 5.42. The van der Waals surface area contributed by atoms with Crippen LogP contribution in [0.5, 0.6) is 0 Å². The maximum absolute atomic E-state index is 6.12. The Balaban J connectivity index is 5.89. The van der Waals surface area contributed by atoms with Crippen LogP contribution in [-0.4, -0.2) is 110 Å². The van der Waals surface area contributed by atoms with Crippen LogP contribution >= 0.6 is 0 Å². The van der Waals surface area contributed by atoms with Crippen molar-refractivity contribution in [1.82, 2.24) is 14.7 Å². The zero-order chi connectivity index (χ0) is 21.4. The molecule has 0 bridgehead atoms. The summed E-state index contributed by atoms with van der Waals surface area (Å²) in [5.74, 6) is 0.718. The molecule has 12 heteroatoms. The number of methoxy groups -OCH3 is 6. The normalized spacial score (nSPS) is 12.2. The van der Waals surface area contributed by atoms with Gasteiger partial charge < -0.3 is 39.1 Å². The monoisotopic (exact) mass is 406 g/mol. The van der Waals surface area contributed by atoms with Crippen LogP contribution in [0.4, 0.5) is 0 Å². The number of guanidine groups is 2. The lowest BCUT2D eigenvalue weighted by molar-refractivity contribution is 0.00780. The molecule has 0 radical (unpaired) electrons. The number of nitrogens with zero attached hydrogens (tertiary/aromatic N) is 5. The second-order valence-electron chi connectivity index (χ2n) is 5.42. The van der Waals surface area contributed by atoms with Crippen LogP contribution in [0.25, 0.3) is 0 Å². The number of ether oxygens (including phenoxy) is 6. The molecular weight excluding hydrogens is 372 g/mol. The Bertz CT molecular complexity index is 472. The van der Waals surface area contributed by atoms with E-state index < -0.39 is 0 Å². The number of rotatable bonds is 14. The zero-order valence-corrected chi connectivity index (χ0v) is 17.7. The van der Waals surface area contributed by atoms with E-state index in [1.807, 2.05) is 0 Å². The van der Waals surface area contributed by atoms with Crippen molar-refractivity contribution in [3.8, 4) is 0 Å². The summed E-state index contributed by atoms with van der Waals surface area (Å²) in [6, 6.07) is 0. The van der Waals surface area contributed by atoms with Gasteiger partial charge in [-0.3, -0.25) is 9.80 Å². The maximum Gasteiger partial charge on any atom is 0.234 e. The molecule has 0 unspecified atom stereocenters. The summed E-state index contributed by atoms with van der Waals surface area (Å²) in [5, 5.41) is 0. The molecule has 0 heterocycles. The van der Waals surface area contributed by atoms with Crippen LogP contribution in [0.3, 0.4) is 0 Å². The van der Waals surface area contributed by atoms with Gasteiger partial charge in [0.1, 0.15) is 46.2 Å². The number of hydrogen-bond acceptors (Lipinski definition) is 8. The van der Waals surface area contributed by atoms with Crippen LogP contribution in [0.2, 0.25) is 0 Å². The summed E-state index contributed by atoms with van der Waals surface area (Å²) in [4.78, 5) is 13.8. The van der Waals surface area contributed by atoms with Gasteiger partial charge in [-0.25, -0.2) is 0 Å². The van der Waals surface area contributed by atoms with E-state index in [2.05, 4.69) is 16.6 Å². The molecule has 0 aliphatic rings. The summed E-state index contributed by atoms with van der Waals surface area (Å²) < 4.78 is 31.0. The fourth-order valence-corrected chi connectivity index (χ4v) is 1.97. The van der Waals surface area contributed by atoms with E-state index in [0.717, 1.165) is 0 Å². The smallest absolute Gasteiger partial charge is 0.234 e. The van der Waals surface area contributed by atoms with Gasteiger partial charge in [-0.2, -0.15) is 9.98 Å². The molecule has 0 aromatic rings. The second kappa shape index (κ2) is 16.0. The minimum Gasteiger partial charge on any atom is -0.369 e. The molecule has 0 rings (SSSR count). The van der Waals surface area contributed by atoms with E-state index in [-0.39, 0.29) is 52.3 Å². The molecule has 0 amide bonds. The Morgan fingerprint density at radius 3 is 1.39 bits per heavy atom. The van der Waals surface area contributed by atoms with Gasteiger partial charge in [0, 0.05) is 42.7 Å². The van der Waals surface area contributed by atoms with Crippen molar-refractivity contribution < 1.29 is 28.4 Å². The van der Waals surface area contributed by atoms with Crippen molar-refractivity contribution in [2.24, 2.45) is 15.7 Å². The van der Waals surface area contributed by atoms with Crippen LogP contribution in [0.1, 0.15) is 0 Å². The SMILES string of the molecule is C=C(/N=C(\N=C(/N)N(COC)COC)N(COC)COC)N(COC)COC. The maximum atomic E-state index is 6.12. The molecular formula is C16H34N6O6. The summed E-state index contributed by atoms with van der Waals surface area (Å²) in [5.41, 5.74) is 6.12. The standard InChI is InChI=1S/C16H34N6O6/c1-14(20(8-23-2)9-24-3)18-16(22(12-27-6)13-28-7)19-15(17)21(10-25-4)11-26-5/h1,8-13H2,2-7H3,(H2,17,18,19). The minimum absolute atomic E-state index is 0.137. The highest BCUT2D eigenvalue weighted by atomic mass is 16.5. The Labute approximate surface area is 167 Å². The Hall–Kier alpha value is -1.96. The first kappa shape index (κ1) is 26.0. The minimum atomic E-state index is 0.137. The quantitative estimate of drug-likeness (QED) is 0.233. The molecule has 2 N–H and O–H groups in total. The first-order chi connectivity index (χ1) is 13.5. The topological polar surface area (TPSA) is 116 Å². The predicted molar refractivity (Wildman–Crippen MR) is 105 cm³/mol. The van der Waals surface area contributed by atoms with E-state index in [9.17, 15) is 0 Å². The van der Waals surface area contributed by atoms with E-state index >= 15 is 0 Å². The number of aliphatic imine (C=N–C) groups is 2. The molecule has 0 saturated carbocycles. The van der Waals surface area contributed by atoms with Crippen LogP contribution in [0, 0.1) is 0 Å². The van der Waals surface area contributed by atoms with E-state index in [0.29, 0.717) is 5.82 Å². The lowest BCUT2D eigenvalue weighted by atomic mass is 10.6. The van der Waals surface area contributed by atoms with E-state index in [4.69, 9.17) is 34.2 Å². The van der Waals surface area contributed by atoms with Gasteiger partial charge >= 0.3 is 0 Å². The highest BCUT2D eigenvalue weighted by Gasteiger charge is 2.16. The van der Waals surface area contributed by atoms with Crippen molar-refractivity contribution in [3.05, 3.63) is 12.4 Å². The summed E-state index contributed by atoms with van der Waals surface area (Å²) in [6.07, 6.45) is 0. The molecule has 0 aromatic carbocycles. The van der Waals surface area contributed by atoms with E-state index in [1.165, 1.54) is 0 Å². The molecule has 0 spiro atoms. The average molecular weight is 406 g/mol. The van der Waals surface area contributed by atoms with Crippen LogP contribution < -0.4 is 5.73 Å². The highest BCUT2D eigenvalue weighted by molar-refractivity contribution is 5.94. The third-order valence-electron chi connectivity index (χ3n) is 3.13. The molecule has 12 nitrogen and oxygen atoms in total. The molecule has 0 atom stereocenters. The molecule has 0 aliphatic carbocycles. The number of nitrogens with two attached hydrogens (primary N) is 1. The van der Waals surface area contributed by atoms with Crippen molar-refractivity contribution >= 4 is 11.9 Å². The van der Waals surface area contributed by atoms with Gasteiger partial charge in [-0.1, -0.05) is 6.58 Å². The first-order valence-corrected chi connectivity index (χ1v) is 8.29. The van der Waals surface area contributed by atoms with Crippen molar-refractivity contribution in [1.29, 1.82) is 0 Å². The molecule has 28 heavy (non-hydrogen) atoms. The first-order valence-electron chi connectivity index (χ1n) is 8.29. The fraction of sp³-hybridized carbons (Fsp3) is 0.750. The summed E-state index contributed by atoms with van der Waals surface area (Å²) >= 11 is 0. The average Bonchev–Trinajstić information content (AvgIpc) is 2.66. The van der Waals surface area contributed by atoms with Gasteiger partial charge in [0.15, 0.2) is 0 Å². The largest absolute Gasteiger partial charge is 0.369 e. The molecule has 0 fully saturated rings. The van der Waals surface area contributed by atoms with Crippen LogP contribution in [-0.2, 0) is 28.4 Å². The highest BCUT2D eigenvalue weighted by Crippen LogP contribution is 2.07. The Morgan fingerprint density at radius 2 is 1.00 bits per heavy atom. The lowest BCUT2D eigenvalue weighted by Crippen LogP contribution is -2.43. The molecule has 0 aromatic heterocycles. The Morgan fingerprint density at radius 1 is 0.643 bits per heavy atom. The lowest BCUT2D eigenvalue weighted by Gasteiger charge is -2.27. The van der Waals surface area contributed by atoms with Gasteiger partial charge in [0.05, 0.1) is 0 Å². The van der Waals surface area contributed by atoms with Crippen molar-refractivity contribution in [2.75, 3.05) is 83.0 Å². The van der Waals surface area contributed by atoms with E-state index in [1.54, 1.807) is 57.4 Å². The number of hydrogen-bond donors (Lipinski definition) is 1. The van der Waals surface area contributed by atoms with Gasteiger partial charge in [-0.15, -0.1) is 0 Å². The molecule has 164 valence electrons. The van der Waals surface area contributed by atoms with Crippen LogP contribution in [0.15, 0.2) is 22.4 Å². The Kier molecular flexibility index (Phi) is 14.9. The van der Waals surface area contributed by atoms with Crippen molar-refractivity contribution in [2.45, 2.75) is 0 Å². The third kappa shape index (κ3) is 9.82. The molecule has 0 saturated heterocycles. The zero-order valence-electron chi connectivity index (χ0n) is 17.7. The predicted octanol–water partition coefficient (Wildman–Crippen LogP) is -0.342. The van der Waals surface area contributed by atoms with Gasteiger partial charge in [0.2, 0.25) is 11.9 Å². The fourth-order valence-electron chi connectivity index (χ4n) is 1.97. The van der Waals surface area contributed by atoms with Gasteiger partial charge in [-0.05, 0) is 0 Å². The summed E-state index contributed by atoms with van der Waals surface area (Å²) in [7, 11) is 9.31.